The molecule has 0 spiro atoms. The Kier molecular flexibility index (Phi) is 1.40. The monoisotopic (exact) mass is 172 g/mol. The number of aliphatic carboxylic acids is 1. The molecule has 2 nitrogen and oxygen atoms in total. The van der Waals surface area contributed by atoms with Crippen LogP contribution < -0.4 is 0 Å². The van der Waals surface area contributed by atoms with Crippen molar-refractivity contribution in [2.45, 2.75) is 18.3 Å². The van der Waals surface area contributed by atoms with Gasteiger partial charge in [-0.15, -0.1) is 0 Å². The number of halogens is 4. The minimum absolute atomic E-state index is 1.27. The van der Waals surface area contributed by atoms with Gasteiger partial charge in [-0.3, -0.25) is 4.79 Å². The highest BCUT2D eigenvalue weighted by Crippen LogP contribution is 2.55. The molecule has 1 aliphatic carbocycles. The van der Waals surface area contributed by atoms with Crippen molar-refractivity contribution in [2.75, 3.05) is 0 Å². The molecule has 0 aromatic carbocycles. The van der Waals surface area contributed by atoms with Crippen molar-refractivity contribution in [3.8, 4) is 0 Å². The van der Waals surface area contributed by atoms with E-state index in [0.717, 1.165) is 0 Å². The van der Waals surface area contributed by atoms with E-state index in [0.29, 0.717) is 0 Å². The maximum atomic E-state index is 12.1. The molecule has 0 aliphatic heterocycles. The molecule has 0 aromatic heterocycles. The molecule has 1 aliphatic rings. The second-order valence-electron chi connectivity index (χ2n) is 2.42. The van der Waals surface area contributed by atoms with Crippen LogP contribution in [0.15, 0.2) is 0 Å². The molecule has 0 aromatic rings. The molecule has 1 fully saturated rings. The Labute approximate surface area is 58.8 Å². The summed E-state index contributed by atoms with van der Waals surface area (Å²) in [4.78, 5) is 9.87. The van der Waals surface area contributed by atoms with Crippen molar-refractivity contribution in [3.05, 3.63) is 0 Å². The number of hydrogen-bond donors (Lipinski definition) is 1. The van der Waals surface area contributed by atoms with Gasteiger partial charge in [-0.25, -0.2) is 0 Å². The standard InChI is InChI=1S/C5H4F4O2/c6-4(7)1-2(3(10)11)5(4,8)9/h2H,1H2,(H,10,11). The average Bonchev–Trinajstić information content (AvgIpc) is 1.82. The number of carboxylic acids is 1. The quantitative estimate of drug-likeness (QED) is 0.606. The van der Waals surface area contributed by atoms with Crippen molar-refractivity contribution in [2.24, 2.45) is 5.92 Å². The first-order valence-electron chi connectivity index (χ1n) is 2.77. The topological polar surface area (TPSA) is 37.3 Å². The van der Waals surface area contributed by atoms with E-state index >= 15 is 0 Å². The van der Waals surface area contributed by atoms with Crippen molar-refractivity contribution >= 4 is 5.97 Å². The summed E-state index contributed by atoms with van der Waals surface area (Å²) < 4.78 is 48.0. The molecular formula is C5H4F4O2. The van der Waals surface area contributed by atoms with Gasteiger partial charge in [-0.05, 0) is 0 Å². The van der Waals surface area contributed by atoms with Gasteiger partial charge in [0.25, 0.3) is 0 Å². The zero-order valence-corrected chi connectivity index (χ0v) is 5.15. The molecule has 1 saturated carbocycles. The van der Waals surface area contributed by atoms with Gasteiger partial charge in [0.15, 0.2) is 0 Å². The molecule has 0 heterocycles. The van der Waals surface area contributed by atoms with E-state index in [9.17, 15) is 22.4 Å². The second kappa shape index (κ2) is 1.86. The Morgan fingerprint density at radius 1 is 1.36 bits per heavy atom. The molecule has 0 amide bonds. The molecule has 1 unspecified atom stereocenters. The zero-order valence-electron chi connectivity index (χ0n) is 5.15. The zero-order chi connectivity index (χ0) is 8.86. The van der Waals surface area contributed by atoms with Crippen LogP contribution in [0.5, 0.6) is 0 Å². The summed E-state index contributed by atoms with van der Waals surface area (Å²) in [5.74, 6) is -12.6. The van der Waals surface area contributed by atoms with E-state index in [1.807, 2.05) is 0 Å². The number of carbonyl (C=O) groups is 1. The van der Waals surface area contributed by atoms with Crippen molar-refractivity contribution < 1.29 is 27.5 Å². The van der Waals surface area contributed by atoms with Crippen molar-refractivity contribution in [1.29, 1.82) is 0 Å². The third-order valence-corrected chi connectivity index (χ3v) is 1.68. The number of rotatable bonds is 1. The molecule has 0 saturated heterocycles. The minimum Gasteiger partial charge on any atom is -0.481 e. The van der Waals surface area contributed by atoms with Gasteiger partial charge >= 0.3 is 17.8 Å². The summed E-state index contributed by atoms with van der Waals surface area (Å²) in [5, 5.41) is 7.99. The first kappa shape index (κ1) is 8.29. The van der Waals surface area contributed by atoms with Crippen LogP contribution in [0.4, 0.5) is 17.6 Å². The summed E-state index contributed by atoms with van der Waals surface area (Å²) in [6.07, 6.45) is -1.27. The largest absolute Gasteiger partial charge is 0.481 e. The molecule has 0 radical (unpaired) electrons. The Balaban J connectivity index is 2.77. The highest BCUT2D eigenvalue weighted by molar-refractivity contribution is 5.73. The van der Waals surface area contributed by atoms with Crippen LogP contribution in [0.2, 0.25) is 0 Å². The molecule has 11 heavy (non-hydrogen) atoms. The molecule has 6 heteroatoms. The third kappa shape index (κ3) is 0.883. The van der Waals surface area contributed by atoms with Crippen molar-refractivity contribution in [1.82, 2.24) is 0 Å². The fourth-order valence-electron chi connectivity index (χ4n) is 0.887. The first-order chi connectivity index (χ1) is 4.79. The van der Waals surface area contributed by atoms with Gasteiger partial charge in [0.2, 0.25) is 0 Å². The second-order valence-corrected chi connectivity index (χ2v) is 2.42. The Hall–Kier alpha value is -0.810. The molecular weight excluding hydrogens is 168 g/mol. The average molecular weight is 172 g/mol. The van der Waals surface area contributed by atoms with E-state index < -0.39 is 30.2 Å². The summed E-state index contributed by atoms with van der Waals surface area (Å²) in [7, 11) is 0. The number of carboxylic acid groups (broad SMARTS) is 1. The molecule has 0 bridgehead atoms. The van der Waals surface area contributed by atoms with Gasteiger partial charge in [-0.2, -0.15) is 17.6 Å². The van der Waals surface area contributed by atoms with E-state index in [2.05, 4.69) is 0 Å². The maximum Gasteiger partial charge on any atom is 0.323 e. The molecule has 1 atom stereocenters. The highest BCUT2D eigenvalue weighted by atomic mass is 19.3. The van der Waals surface area contributed by atoms with Crippen LogP contribution in [-0.2, 0) is 4.79 Å². The van der Waals surface area contributed by atoms with Gasteiger partial charge in [0.05, 0.1) is 0 Å². The van der Waals surface area contributed by atoms with E-state index in [4.69, 9.17) is 5.11 Å². The van der Waals surface area contributed by atoms with Crippen LogP contribution in [0.3, 0.4) is 0 Å². The van der Waals surface area contributed by atoms with Crippen molar-refractivity contribution in [3.63, 3.8) is 0 Å². The predicted molar refractivity (Wildman–Crippen MR) is 25.6 cm³/mol. The Bertz CT molecular complexity index is 201. The number of hydrogen-bond acceptors (Lipinski definition) is 1. The third-order valence-electron chi connectivity index (χ3n) is 1.68. The maximum absolute atomic E-state index is 12.1. The van der Waals surface area contributed by atoms with E-state index in [-0.39, 0.29) is 0 Å². The summed E-state index contributed by atoms with van der Waals surface area (Å²) in [5.41, 5.74) is 0. The predicted octanol–water partition coefficient (Wildman–Crippen LogP) is 1.36. The van der Waals surface area contributed by atoms with Crippen LogP contribution in [0.1, 0.15) is 6.42 Å². The summed E-state index contributed by atoms with van der Waals surface area (Å²) in [6.45, 7) is 0. The highest BCUT2D eigenvalue weighted by Gasteiger charge is 2.74. The van der Waals surface area contributed by atoms with Crippen LogP contribution in [-0.4, -0.2) is 22.9 Å². The Morgan fingerprint density at radius 2 is 1.82 bits per heavy atom. The van der Waals surface area contributed by atoms with E-state index in [1.165, 1.54) is 0 Å². The lowest BCUT2D eigenvalue weighted by atomic mass is 9.77. The minimum atomic E-state index is -4.38. The van der Waals surface area contributed by atoms with Gasteiger partial charge in [0.1, 0.15) is 5.92 Å². The lowest BCUT2D eigenvalue weighted by Gasteiger charge is -2.41. The van der Waals surface area contributed by atoms with Crippen LogP contribution in [0.25, 0.3) is 0 Å². The smallest absolute Gasteiger partial charge is 0.323 e. The van der Waals surface area contributed by atoms with Crippen LogP contribution in [0, 0.1) is 5.92 Å². The van der Waals surface area contributed by atoms with Gasteiger partial charge in [0, 0.05) is 6.42 Å². The molecule has 1 N–H and O–H groups in total. The van der Waals surface area contributed by atoms with E-state index in [1.54, 1.807) is 0 Å². The first-order valence-corrected chi connectivity index (χ1v) is 2.77. The summed E-state index contributed by atoms with van der Waals surface area (Å²) in [6, 6.07) is 0. The number of alkyl halides is 4. The fourth-order valence-corrected chi connectivity index (χ4v) is 0.887. The molecule has 1 rings (SSSR count). The molecule has 64 valence electrons. The van der Waals surface area contributed by atoms with Gasteiger partial charge < -0.3 is 5.11 Å². The van der Waals surface area contributed by atoms with Gasteiger partial charge in [-0.1, -0.05) is 0 Å². The fraction of sp³-hybridized carbons (Fsp3) is 0.800. The lowest BCUT2D eigenvalue weighted by Crippen LogP contribution is -2.61. The Morgan fingerprint density at radius 3 is 1.91 bits per heavy atom. The normalized spacial score (nSPS) is 32.5. The van der Waals surface area contributed by atoms with Crippen LogP contribution >= 0.6 is 0 Å². The SMILES string of the molecule is O=C(O)C1CC(F)(F)C1(F)F. The summed E-state index contributed by atoms with van der Waals surface area (Å²) >= 11 is 0. The lowest BCUT2D eigenvalue weighted by molar-refractivity contribution is -0.309.